The molecule has 0 radical (unpaired) electrons. The van der Waals surface area contributed by atoms with E-state index in [9.17, 15) is 9.90 Å². The summed E-state index contributed by atoms with van der Waals surface area (Å²) in [5.74, 6) is 1.12. The molecule has 39 heavy (non-hydrogen) atoms. The van der Waals surface area contributed by atoms with E-state index >= 15 is 0 Å². The minimum atomic E-state index is -1.21. The lowest BCUT2D eigenvalue weighted by Gasteiger charge is -2.48. The highest BCUT2D eigenvalue weighted by atomic mass is 35.5. The number of ether oxygens (including phenoxy) is 1. The van der Waals surface area contributed by atoms with Crippen LogP contribution in [0.25, 0.3) is 11.3 Å². The number of likely N-dealkylation sites (tertiary alicyclic amines) is 1. The summed E-state index contributed by atoms with van der Waals surface area (Å²) in [6.45, 7) is 2.37. The number of aliphatic imine (C=N–C) groups is 1. The molecule has 1 saturated heterocycles. The summed E-state index contributed by atoms with van der Waals surface area (Å²) in [6, 6.07) is 10.4. The Labute approximate surface area is 240 Å². The van der Waals surface area contributed by atoms with Crippen molar-refractivity contribution in [3.63, 3.8) is 0 Å². The van der Waals surface area contributed by atoms with Gasteiger partial charge in [0.05, 0.1) is 40.1 Å². The van der Waals surface area contributed by atoms with E-state index in [2.05, 4.69) is 10.1 Å². The Morgan fingerprint density at radius 3 is 2.54 bits per heavy atom. The highest BCUT2D eigenvalue weighted by Gasteiger charge is 2.45. The first-order valence-corrected chi connectivity index (χ1v) is 13.6. The lowest BCUT2D eigenvalue weighted by atomic mass is 9.86. The third kappa shape index (κ3) is 5.79. The van der Waals surface area contributed by atoms with Gasteiger partial charge in [-0.1, -0.05) is 52.1 Å². The fourth-order valence-corrected chi connectivity index (χ4v) is 5.58. The zero-order valence-corrected chi connectivity index (χ0v) is 23.3. The smallest absolute Gasteiger partial charge is 0.307 e. The van der Waals surface area contributed by atoms with Gasteiger partial charge in [0, 0.05) is 23.3 Å². The molecule has 3 aromatic rings. The molecule has 2 aliphatic rings. The first-order valence-electron chi connectivity index (χ1n) is 12.4. The van der Waals surface area contributed by atoms with Crippen LogP contribution < -0.4 is 4.74 Å². The molecule has 1 aliphatic carbocycles. The number of benzene rings is 2. The monoisotopic (exact) mass is 589 g/mol. The maximum Gasteiger partial charge on any atom is 0.307 e. The standard InChI is InChI=1S/C28H26Cl3N3O5/c1-2-32-23(10-11-24(35)36)34-14-28(37,15-34)19-9-8-17(12-22(19)31)38-13-18-26(33-39-27(18)16-6-7-16)25-20(29)4-3-5-21(25)30/h2-5,8-10,12,16,37H,6-7,11,13-15H2,1H3,(H,35,36)/b23-10+,32-2?. The maximum absolute atomic E-state index is 11.2. The van der Waals surface area contributed by atoms with E-state index in [4.69, 9.17) is 49.2 Å². The number of hydrogen-bond donors (Lipinski definition) is 2. The number of rotatable bonds is 10. The molecular weight excluding hydrogens is 565 g/mol. The van der Waals surface area contributed by atoms with Crippen molar-refractivity contribution in [2.45, 2.75) is 44.3 Å². The molecule has 0 unspecified atom stereocenters. The Balaban J connectivity index is 1.32. The zero-order valence-electron chi connectivity index (χ0n) is 21.0. The van der Waals surface area contributed by atoms with E-state index in [0.29, 0.717) is 49.4 Å². The van der Waals surface area contributed by atoms with E-state index in [-0.39, 0.29) is 26.1 Å². The second kappa shape index (κ2) is 11.2. The van der Waals surface area contributed by atoms with Gasteiger partial charge in [0.1, 0.15) is 35.2 Å². The molecule has 0 bridgehead atoms. The molecule has 2 heterocycles. The highest BCUT2D eigenvalue weighted by molar-refractivity contribution is 6.39. The number of carboxylic acids is 1. The molecule has 5 rings (SSSR count). The van der Waals surface area contributed by atoms with Gasteiger partial charge < -0.3 is 24.4 Å². The van der Waals surface area contributed by atoms with Crippen LogP contribution in [0.15, 0.2) is 57.8 Å². The predicted octanol–water partition coefficient (Wildman–Crippen LogP) is 6.67. The van der Waals surface area contributed by atoms with E-state index in [1.165, 1.54) is 6.08 Å². The van der Waals surface area contributed by atoms with Crippen molar-refractivity contribution in [2.75, 3.05) is 13.1 Å². The van der Waals surface area contributed by atoms with Crippen molar-refractivity contribution in [2.24, 2.45) is 4.99 Å². The van der Waals surface area contributed by atoms with Crippen molar-refractivity contribution in [1.29, 1.82) is 0 Å². The topological polar surface area (TPSA) is 108 Å². The minimum absolute atomic E-state index is 0.159. The SMILES string of the molecule is CC=N/C(=C\CC(=O)O)N1CC(O)(c2ccc(OCc3c(-c4c(Cl)cccc4Cl)noc3C3CC3)cc2Cl)C1. The summed E-state index contributed by atoms with van der Waals surface area (Å²) >= 11 is 19.5. The normalized spacial score (nSPS) is 16.9. The Kier molecular flexibility index (Phi) is 7.91. The first kappa shape index (κ1) is 27.5. The van der Waals surface area contributed by atoms with Crippen LogP contribution in [0, 0.1) is 0 Å². The van der Waals surface area contributed by atoms with Crippen LogP contribution in [-0.2, 0) is 17.0 Å². The summed E-state index contributed by atoms with van der Waals surface area (Å²) < 4.78 is 11.8. The fraction of sp³-hybridized carbons (Fsp3) is 0.321. The van der Waals surface area contributed by atoms with E-state index < -0.39 is 11.6 Å². The quantitative estimate of drug-likeness (QED) is 0.254. The second-order valence-corrected chi connectivity index (χ2v) is 10.8. The van der Waals surface area contributed by atoms with Crippen LogP contribution >= 0.6 is 34.8 Å². The predicted molar refractivity (Wildman–Crippen MR) is 150 cm³/mol. The number of carbonyl (C=O) groups is 1. The summed E-state index contributed by atoms with van der Waals surface area (Å²) in [5.41, 5.74) is 1.30. The molecule has 0 spiro atoms. The van der Waals surface area contributed by atoms with Crippen LogP contribution in [0.2, 0.25) is 15.1 Å². The molecule has 2 N–H and O–H groups in total. The second-order valence-electron chi connectivity index (χ2n) is 9.61. The number of aromatic nitrogens is 1. The minimum Gasteiger partial charge on any atom is -0.489 e. The number of β-amino-alcohol motifs (C(OH)–C–C–N with tert-alkyl or cyclic N) is 1. The molecule has 204 valence electrons. The third-order valence-corrected chi connectivity index (χ3v) is 7.68. The maximum atomic E-state index is 11.2. The van der Waals surface area contributed by atoms with Gasteiger partial charge in [0.15, 0.2) is 0 Å². The van der Waals surface area contributed by atoms with Crippen molar-refractivity contribution < 1.29 is 24.3 Å². The van der Waals surface area contributed by atoms with Crippen molar-refractivity contribution in [1.82, 2.24) is 10.1 Å². The molecule has 2 aromatic carbocycles. The Hall–Kier alpha value is -3.04. The van der Waals surface area contributed by atoms with Gasteiger partial charge in [0.25, 0.3) is 0 Å². The van der Waals surface area contributed by atoms with Crippen molar-refractivity contribution >= 4 is 47.0 Å². The number of nitrogens with zero attached hydrogens (tertiary/aromatic N) is 3. The van der Waals surface area contributed by atoms with Gasteiger partial charge >= 0.3 is 5.97 Å². The van der Waals surface area contributed by atoms with E-state index in [1.54, 1.807) is 54.4 Å². The van der Waals surface area contributed by atoms with Gasteiger partial charge in [-0.2, -0.15) is 0 Å². The molecule has 11 heteroatoms. The van der Waals surface area contributed by atoms with Crippen molar-refractivity contribution in [3.05, 3.63) is 80.3 Å². The highest BCUT2D eigenvalue weighted by Crippen LogP contribution is 2.46. The van der Waals surface area contributed by atoms with E-state index in [0.717, 1.165) is 24.2 Å². The summed E-state index contributed by atoms with van der Waals surface area (Å²) in [4.78, 5) is 17.0. The molecule has 1 aliphatic heterocycles. The zero-order chi connectivity index (χ0) is 27.7. The lowest BCUT2D eigenvalue weighted by molar-refractivity contribution is -0.136. The third-order valence-electron chi connectivity index (χ3n) is 6.74. The number of hydrogen-bond acceptors (Lipinski definition) is 7. The van der Waals surface area contributed by atoms with Crippen LogP contribution in [-0.4, -0.2) is 45.5 Å². The number of carboxylic acid groups (broad SMARTS) is 1. The fourth-order valence-electron chi connectivity index (χ4n) is 4.66. The Bertz CT molecular complexity index is 1440. The number of aliphatic carboxylic acids is 1. The van der Waals surface area contributed by atoms with Gasteiger partial charge in [-0.3, -0.25) is 4.79 Å². The molecule has 2 fully saturated rings. The van der Waals surface area contributed by atoms with Crippen LogP contribution in [0.4, 0.5) is 0 Å². The van der Waals surface area contributed by atoms with Gasteiger partial charge in [-0.05, 0) is 50.1 Å². The average Bonchev–Trinajstić information content (AvgIpc) is 3.63. The Morgan fingerprint density at radius 2 is 1.92 bits per heavy atom. The molecule has 1 aromatic heterocycles. The summed E-state index contributed by atoms with van der Waals surface area (Å²) in [7, 11) is 0. The molecule has 1 saturated carbocycles. The molecule has 8 nitrogen and oxygen atoms in total. The summed E-state index contributed by atoms with van der Waals surface area (Å²) in [6.07, 6.45) is 4.98. The van der Waals surface area contributed by atoms with Crippen LogP contribution in [0.1, 0.15) is 49.0 Å². The largest absolute Gasteiger partial charge is 0.489 e. The number of aliphatic hydroxyl groups is 1. The van der Waals surface area contributed by atoms with Gasteiger partial charge in [-0.15, -0.1) is 0 Å². The average molecular weight is 591 g/mol. The van der Waals surface area contributed by atoms with Gasteiger partial charge in [-0.25, -0.2) is 4.99 Å². The van der Waals surface area contributed by atoms with Crippen LogP contribution in [0.3, 0.4) is 0 Å². The van der Waals surface area contributed by atoms with Gasteiger partial charge in [0.2, 0.25) is 0 Å². The summed E-state index contributed by atoms with van der Waals surface area (Å²) in [5, 5.41) is 25.8. The Morgan fingerprint density at radius 1 is 1.21 bits per heavy atom. The molecule has 0 amide bonds. The molecule has 0 atom stereocenters. The number of halogens is 3. The molecular formula is C28H26Cl3N3O5. The van der Waals surface area contributed by atoms with Crippen molar-refractivity contribution in [3.8, 4) is 17.0 Å². The van der Waals surface area contributed by atoms with E-state index in [1.807, 2.05) is 0 Å². The first-order chi connectivity index (χ1) is 18.7. The lowest BCUT2D eigenvalue weighted by Crippen LogP contribution is -2.58. The van der Waals surface area contributed by atoms with Crippen LogP contribution in [0.5, 0.6) is 5.75 Å².